The molecule has 0 spiro atoms. The van der Waals surface area contributed by atoms with Crippen LogP contribution in [0.1, 0.15) is 19.7 Å². The molecule has 2 N–H and O–H groups in total. The van der Waals surface area contributed by atoms with Crippen LogP contribution in [0.25, 0.3) is 0 Å². The summed E-state index contributed by atoms with van der Waals surface area (Å²) < 4.78 is 0. The molecule has 4 heteroatoms. The van der Waals surface area contributed by atoms with Crippen LogP contribution in [-0.4, -0.2) is 15.2 Å². The minimum atomic E-state index is -0.492. The van der Waals surface area contributed by atoms with Crippen LogP contribution in [0, 0.1) is 0 Å². The van der Waals surface area contributed by atoms with E-state index < -0.39 is 5.54 Å². The average molecular weight is 138 g/mol. The van der Waals surface area contributed by atoms with Crippen molar-refractivity contribution in [3.05, 3.63) is 18.2 Å². The second kappa shape index (κ2) is 2.30. The lowest BCUT2D eigenvalue weighted by Gasteiger charge is -2.14. The first-order chi connectivity index (χ1) is 4.61. The Morgan fingerprint density at radius 2 is 2.10 bits per heavy atom. The Kier molecular flexibility index (Phi) is 1.63. The smallest absolute Gasteiger partial charge is 0.170 e. The molecule has 1 rings (SSSR count). The lowest BCUT2D eigenvalue weighted by Crippen LogP contribution is -2.31. The van der Waals surface area contributed by atoms with Gasteiger partial charge in [-0.3, -0.25) is 0 Å². The third-order valence-electron chi connectivity index (χ3n) is 1.06. The fourth-order valence-corrected chi connectivity index (χ4v) is 0.543. The van der Waals surface area contributed by atoms with Gasteiger partial charge in [0.2, 0.25) is 0 Å². The van der Waals surface area contributed by atoms with Gasteiger partial charge in [0, 0.05) is 6.20 Å². The van der Waals surface area contributed by atoms with Crippen molar-refractivity contribution < 1.29 is 0 Å². The molecule has 0 aliphatic heterocycles. The van der Waals surface area contributed by atoms with Crippen molar-refractivity contribution >= 4 is 0 Å². The molecule has 0 unspecified atom stereocenters. The van der Waals surface area contributed by atoms with Gasteiger partial charge in [-0.25, -0.2) is 4.98 Å². The Morgan fingerprint density at radius 3 is 2.40 bits per heavy atom. The van der Waals surface area contributed by atoms with Crippen molar-refractivity contribution in [3.8, 4) is 0 Å². The zero-order chi connectivity index (χ0) is 7.61. The summed E-state index contributed by atoms with van der Waals surface area (Å²) in [4.78, 5) is 3.95. The Hall–Kier alpha value is -1.03. The Morgan fingerprint density at radius 1 is 1.40 bits per heavy atom. The molecular formula is C6H10N4. The number of aromatic nitrogens is 3. The van der Waals surface area contributed by atoms with E-state index in [1.165, 1.54) is 6.20 Å². The van der Waals surface area contributed by atoms with E-state index in [1.54, 1.807) is 6.20 Å². The monoisotopic (exact) mass is 138 g/mol. The third-order valence-corrected chi connectivity index (χ3v) is 1.06. The van der Waals surface area contributed by atoms with E-state index >= 15 is 0 Å². The fourth-order valence-electron chi connectivity index (χ4n) is 0.543. The molecule has 0 aliphatic carbocycles. The van der Waals surface area contributed by atoms with Crippen LogP contribution in [0.4, 0.5) is 0 Å². The predicted molar refractivity (Wildman–Crippen MR) is 37.0 cm³/mol. The maximum atomic E-state index is 5.69. The Labute approximate surface area is 59.5 Å². The highest BCUT2D eigenvalue weighted by molar-refractivity contribution is 4.96. The normalized spacial score (nSPS) is 11.5. The summed E-state index contributed by atoms with van der Waals surface area (Å²) >= 11 is 0. The van der Waals surface area contributed by atoms with Crippen molar-refractivity contribution in [2.75, 3.05) is 0 Å². The molecule has 1 heterocycles. The molecule has 1 aromatic heterocycles. The summed E-state index contributed by atoms with van der Waals surface area (Å²) in [5.41, 5.74) is 5.20. The third kappa shape index (κ3) is 1.48. The van der Waals surface area contributed by atoms with E-state index in [0.717, 1.165) is 0 Å². The molecule has 1 aromatic rings. The van der Waals surface area contributed by atoms with Crippen molar-refractivity contribution in [2.24, 2.45) is 5.73 Å². The van der Waals surface area contributed by atoms with Crippen LogP contribution in [-0.2, 0) is 5.54 Å². The van der Waals surface area contributed by atoms with Crippen LogP contribution in [0.15, 0.2) is 12.4 Å². The predicted octanol–water partition coefficient (Wildman–Crippen LogP) is 0.0654. The quantitative estimate of drug-likeness (QED) is 0.596. The van der Waals surface area contributed by atoms with Crippen molar-refractivity contribution in [1.82, 2.24) is 15.2 Å². The second-order valence-corrected chi connectivity index (χ2v) is 2.69. The first-order valence-electron chi connectivity index (χ1n) is 3.04. The molecule has 0 aromatic carbocycles. The topological polar surface area (TPSA) is 64.7 Å². The molecule has 0 bridgehead atoms. The van der Waals surface area contributed by atoms with Gasteiger partial charge in [0.25, 0.3) is 0 Å². The van der Waals surface area contributed by atoms with Gasteiger partial charge in [0.05, 0.1) is 11.7 Å². The molecule has 0 atom stereocenters. The van der Waals surface area contributed by atoms with Crippen LogP contribution >= 0.6 is 0 Å². The van der Waals surface area contributed by atoms with E-state index in [9.17, 15) is 0 Å². The van der Waals surface area contributed by atoms with Gasteiger partial charge in [0.1, 0.15) is 0 Å². The molecule has 54 valence electrons. The number of hydrogen-bond donors (Lipinski definition) is 1. The summed E-state index contributed by atoms with van der Waals surface area (Å²) in [6.07, 6.45) is 3.10. The number of nitrogens with two attached hydrogens (primary N) is 1. The maximum absolute atomic E-state index is 5.69. The summed E-state index contributed by atoms with van der Waals surface area (Å²) in [6.45, 7) is 3.67. The largest absolute Gasteiger partial charge is 0.319 e. The van der Waals surface area contributed by atoms with E-state index in [4.69, 9.17) is 5.73 Å². The maximum Gasteiger partial charge on any atom is 0.170 e. The highest BCUT2D eigenvalue weighted by Crippen LogP contribution is 2.07. The standard InChI is InChI=1S/C6H10N4/c1-6(2,7)5-8-3-4-9-10-5/h3-4H,7H2,1-2H3. The summed E-state index contributed by atoms with van der Waals surface area (Å²) in [7, 11) is 0. The van der Waals surface area contributed by atoms with E-state index in [0.29, 0.717) is 5.82 Å². The summed E-state index contributed by atoms with van der Waals surface area (Å²) in [5.74, 6) is 0.565. The number of nitrogens with zero attached hydrogens (tertiary/aromatic N) is 3. The number of hydrogen-bond acceptors (Lipinski definition) is 4. The number of rotatable bonds is 1. The molecular weight excluding hydrogens is 128 g/mol. The second-order valence-electron chi connectivity index (χ2n) is 2.69. The first kappa shape index (κ1) is 7.08. The van der Waals surface area contributed by atoms with Gasteiger partial charge in [-0.15, -0.1) is 5.10 Å². The van der Waals surface area contributed by atoms with Gasteiger partial charge in [0.15, 0.2) is 5.82 Å². The van der Waals surface area contributed by atoms with E-state index in [-0.39, 0.29) is 0 Å². The fraction of sp³-hybridized carbons (Fsp3) is 0.500. The molecule has 0 saturated heterocycles. The Bertz CT molecular complexity index is 201. The van der Waals surface area contributed by atoms with Gasteiger partial charge < -0.3 is 5.73 Å². The molecule has 0 fully saturated rings. The van der Waals surface area contributed by atoms with Crippen LogP contribution in [0.2, 0.25) is 0 Å². The van der Waals surface area contributed by atoms with E-state index in [1.807, 2.05) is 13.8 Å². The molecule has 0 aliphatic rings. The Balaban J connectivity index is 2.97. The van der Waals surface area contributed by atoms with Crippen molar-refractivity contribution in [1.29, 1.82) is 0 Å². The van der Waals surface area contributed by atoms with Crippen LogP contribution < -0.4 is 5.73 Å². The van der Waals surface area contributed by atoms with Gasteiger partial charge in [-0.2, -0.15) is 5.10 Å². The van der Waals surface area contributed by atoms with E-state index in [2.05, 4.69) is 15.2 Å². The van der Waals surface area contributed by atoms with Crippen molar-refractivity contribution in [3.63, 3.8) is 0 Å². The molecule has 4 nitrogen and oxygen atoms in total. The summed E-state index contributed by atoms with van der Waals surface area (Å²) in [5, 5.41) is 7.42. The molecule has 0 radical (unpaired) electrons. The highest BCUT2D eigenvalue weighted by atomic mass is 15.2. The van der Waals surface area contributed by atoms with Gasteiger partial charge in [-0.1, -0.05) is 0 Å². The van der Waals surface area contributed by atoms with Crippen molar-refractivity contribution in [2.45, 2.75) is 19.4 Å². The lowest BCUT2D eigenvalue weighted by atomic mass is 10.1. The minimum absolute atomic E-state index is 0.492. The molecule has 10 heavy (non-hydrogen) atoms. The zero-order valence-electron chi connectivity index (χ0n) is 6.07. The molecule has 0 saturated carbocycles. The highest BCUT2D eigenvalue weighted by Gasteiger charge is 2.16. The summed E-state index contributed by atoms with van der Waals surface area (Å²) in [6, 6.07) is 0. The molecule has 0 amide bonds. The van der Waals surface area contributed by atoms with Crippen LogP contribution in [0.5, 0.6) is 0 Å². The minimum Gasteiger partial charge on any atom is -0.319 e. The lowest BCUT2D eigenvalue weighted by molar-refractivity contribution is 0.503. The van der Waals surface area contributed by atoms with Gasteiger partial charge >= 0.3 is 0 Å². The SMILES string of the molecule is CC(C)(N)c1nccnn1. The van der Waals surface area contributed by atoms with Crippen LogP contribution in [0.3, 0.4) is 0 Å². The zero-order valence-corrected chi connectivity index (χ0v) is 6.07. The van der Waals surface area contributed by atoms with Gasteiger partial charge in [-0.05, 0) is 13.8 Å². The average Bonchev–Trinajstić information content (AvgIpc) is 1.88. The first-order valence-corrected chi connectivity index (χ1v) is 3.04.